The number of esters is 2. The van der Waals surface area contributed by atoms with E-state index in [1.165, 1.54) is 57.6 Å². The number of aromatic amines is 3. The molecular weight excluding hydrogens is 813 g/mol. The molecule has 350 valence electrons. The van der Waals surface area contributed by atoms with Gasteiger partial charge in [0.1, 0.15) is 12.2 Å². The summed E-state index contributed by atoms with van der Waals surface area (Å²) in [4.78, 5) is 64.6. The molecular formula is C55H74N4O6. The summed E-state index contributed by atoms with van der Waals surface area (Å²) in [7, 11) is 1.29. The summed E-state index contributed by atoms with van der Waals surface area (Å²) in [6, 6.07) is -0.519. The molecule has 1 fully saturated rings. The number of hydrogen-bond acceptors (Lipinski definition) is 7. The smallest absolute Gasteiger partial charge is 0.342 e. The number of H-pyrrole nitrogens is 3. The summed E-state index contributed by atoms with van der Waals surface area (Å²) in [5.74, 6) is 0.611. The third kappa shape index (κ3) is 10.8. The van der Waals surface area contributed by atoms with Gasteiger partial charge < -0.3 is 29.7 Å². The lowest BCUT2D eigenvalue weighted by atomic mass is 9.82. The topological polar surface area (TPSA) is 146 Å². The summed E-state index contributed by atoms with van der Waals surface area (Å²) in [6.07, 6.45) is 23.1. The maximum atomic E-state index is 14.4. The molecule has 5 atom stereocenters. The van der Waals surface area contributed by atoms with Gasteiger partial charge in [-0.25, -0.2) is 4.79 Å². The van der Waals surface area contributed by atoms with Gasteiger partial charge in [-0.2, -0.15) is 0 Å². The van der Waals surface area contributed by atoms with Crippen molar-refractivity contribution in [1.82, 2.24) is 20.3 Å². The van der Waals surface area contributed by atoms with E-state index in [1.807, 2.05) is 45.1 Å². The van der Waals surface area contributed by atoms with Gasteiger partial charge in [-0.05, 0) is 111 Å². The fourth-order valence-electron chi connectivity index (χ4n) is 10.5. The second kappa shape index (κ2) is 21.7. The summed E-state index contributed by atoms with van der Waals surface area (Å²) in [6.45, 7) is 23.9. The lowest BCUT2D eigenvalue weighted by molar-refractivity contribution is -0.142. The number of Topliss-reactive ketones (excluding diaryl/α,β-unsaturated/α-hetero) is 1. The van der Waals surface area contributed by atoms with E-state index in [2.05, 4.69) is 74.5 Å². The van der Waals surface area contributed by atoms with E-state index < -0.39 is 17.8 Å². The zero-order chi connectivity index (χ0) is 47.1. The number of allylic oxidation sites excluding steroid dienone is 2. The Hall–Kier alpha value is -5.38. The number of nitrogens with one attached hydrogen (secondary N) is 4. The molecule has 10 nitrogen and oxygen atoms in total. The molecule has 4 N–H and O–H groups in total. The van der Waals surface area contributed by atoms with E-state index in [9.17, 15) is 19.2 Å². The Kier molecular flexibility index (Phi) is 16.4. The van der Waals surface area contributed by atoms with Crippen molar-refractivity contribution in [2.45, 2.75) is 145 Å². The molecule has 3 aromatic rings. The molecule has 0 aromatic carbocycles. The number of ether oxygens (including phenoxy) is 2. The van der Waals surface area contributed by atoms with Gasteiger partial charge in [-0.1, -0.05) is 105 Å². The number of carbonyl (C=O) groups excluding carboxylic acids is 4. The van der Waals surface area contributed by atoms with Crippen molar-refractivity contribution in [1.29, 1.82) is 0 Å². The van der Waals surface area contributed by atoms with Gasteiger partial charge in [0, 0.05) is 57.2 Å². The number of fused-ring (bicyclic) bond motifs is 8. The summed E-state index contributed by atoms with van der Waals surface area (Å²) < 4.78 is 11.1. The van der Waals surface area contributed by atoms with Crippen LogP contribution in [0.5, 0.6) is 0 Å². The van der Waals surface area contributed by atoms with Crippen molar-refractivity contribution >= 4 is 53.9 Å². The molecule has 0 saturated carbocycles. The average molecular weight is 887 g/mol. The van der Waals surface area contributed by atoms with Gasteiger partial charge in [0.15, 0.2) is 6.29 Å². The van der Waals surface area contributed by atoms with Crippen molar-refractivity contribution in [3.63, 3.8) is 0 Å². The molecule has 1 aliphatic carbocycles. The third-order valence-electron chi connectivity index (χ3n) is 14.5. The molecule has 3 aromatic heterocycles. The molecule has 2 aliphatic heterocycles. The lowest BCUT2D eigenvalue weighted by Gasteiger charge is -2.23. The Morgan fingerprint density at radius 2 is 1.51 bits per heavy atom. The van der Waals surface area contributed by atoms with Gasteiger partial charge in [0.25, 0.3) is 0 Å². The van der Waals surface area contributed by atoms with Gasteiger partial charge >= 0.3 is 11.9 Å². The highest BCUT2D eigenvalue weighted by molar-refractivity contribution is 6.34. The van der Waals surface area contributed by atoms with Crippen LogP contribution in [0.2, 0.25) is 0 Å². The highest BCUT2D eigenvalue weighted by Crippen LogP contribution is 2.46. The van der Waals surface area contributed by atoms with Crippen LogP contribution in [0.15, 0.2) is 29.5 Å². The number of aromatic nitrogens is 3. The average Bonchev–Trinajstić information content (AvgIpc) is 4.02. The predicted octanol–water partition coefficient (Wildman–Crippen LogP) is 10.4. The van der Waals surface area contributed by atoms with E-state index in [1.54, 1.807) is 0 Å². The van der Waals surface area contributed by atoms with Crippen LogP contribution in [0.25, 0.3) is 29.9 Å². The van der Waals surface area contributed by atoms with Crippen molar-refractivity contribution in [3.05, 3.63) is 96.4 Å². The molecule has 10 heteroatoms. The van der Waals surface area contributed by atoms with Crippen molar-refractivity contribution < 1.29 is 28.7 Å². The molecule has 0 amide bonds. The maximum absolute atomic E-state index is 14.4. The Bertz CT molecular complexity index is 2500. The number of aldehydes is 1. The summed E-state index contributed by atoms with van der Waals surface area (Å²) >= 11 is 0. The monoisotopic (exact) mass is 887 g/mol. The fourth-order valence-corrected chi connectivity index (χ4v) is 10.5. The van der Waals surface area contributed by atoms with Crippen LogP contribution in [0.3, 0.4) is 0 Å². The van der Waals surface area contributed by atoms with E-state index >= 15 is 0 Å². The van der Waals surface area contributed by atoms with Gasteiger partial charge in [-0.3, -0.25) is 14.4 Å². The van der Waals surface area contributed by atoms with E-state index in [0.29, 0.717) is 57.8 Å². The normalized spacial score (nSPS) is 20.7. The molecule has 1 saturated heterocycles. The van der Waals surface area contributed by atoms with Crippen LogP contribution in [0.4, 0.5) is 0 Å². The third-order valence-corrected chi connectivity index (χ3v) is 14.5. The minimum atomic E-state index is -0.706. The quantitative estimate of drug-likeness (QED) is 0.0361. The van der Waals surface area contributed by atoms with Crippen LogP contribution in [0.1, 0.15) is 185 Å². The molecule has 5 heterocycles. The number of methoxy groups -OCH3 is 1. The number of carbonyl (C=O) groups is 4. The summed E-state index contributed by atoms with van der Waals surface area (Å²) in [5.41, 5.74) is 9.95. The molecule has 0 radical (unpaired) electrons. The van der Waals surface area contributed by atoms with Crippen molar-refractivity contribution in [3.8, 4) is 0 Å². The first-order valence-electron chi connectivity index (χ1n) is 24.3. The van der Waals surface area contributed by atoms with Crippen LogP contribution in [0, 0.1) is 43.4 Å². The van der Waals surface area contributed by atoms with E-state index in [4.69, 9.17) is 9.47 Å². The summed E-state index contributed by atoms with van der Waals surface area (Å²) in [5, 5.41) is 5.14. The molecule has 1 unspecified atom stereocenters. The standard InChI is InChI=1S/C55H74N4O6/c1-12-38-35(8)42-27-43-36(9)40(23-24-48(61)65-26-25-34(7)22-16-21-33(6)20-15-19-32(5)18-14-17-31(3)4)52(58-43)50-51(55(63)64-11)54(62)49-37(10)44(59-53(49)50)28-46-39(13-2)41(30-60)47(57-46)29-45(38)56-42/h12,25,27-33,36,40,52,56-59H,1,13-24,26H2,2-11H3/b34-25+,43-27-,46-28-,47-29-/t32-,33-,36+,40+,52?/m1/s1. The molecule has 65 heavy (non-hydrogen) atoms. The number of rotatable bonds is 21. The molecule has 8 bridgehead atoms. The first-order valence-corrected chi connectivity index (χ1v) is 24.3. The zero-order valence-electron chi connectivity index (χ0n) is 40.8. The Labute approximate surface area is 386 Å². The SMILES string of the molecule is C=Cc1c2[nH]c(c1C)/C=C1\NC(C3=C(C(=O)OC)C(=O)c4c3[nH]c(c4C)/C=c3\[nH]/c(c(C=O)c3CC)=C\2)[C@@H](CCC(=O)OC/C=C(\C)CCC[C@H](C)CCC[C@H](C)CCCC(C)C)[C@@H]1C. The Morgan fingerprint density at radius 3 is 2.15 bits per heavy atom. The Morgan fingerprint density at radius 1 is 0.846 bits per heavy atom. The van der Waals surface area contributed by atoms with Crippen molar-refractivity contribution in [2.24, 2.45) is 29.6 Å². The highest BCUT2D eigenvalue weighted by Gasteiger charge is 2.47. The minimum Gasteiger partial charge on any atom is -0.465 e. The second-order valence-electron chi connectivity index (χ2n) is 19.6. The first-order chi connectivity index (χ1) is 31.1. The zero-order valence-corrected chi connectivity index (χ0v) is 40.8. The van der Waals surface area contributed by atoms with Crippen LogP contribution < -0.4 is 16.0 Å². The van der Waals surface area contributed by atoms with Crippen molar-refractivity contribution in [2.75, 3.05) is 13.7 Å². The minimum absolute atomic E-state index is 0.0123. The second-order valence-corrected chi connectivity index (χ2v) is 19.6. The largest absolute Gasteiger partial charge is 0.465 e. The van der Waals surface area contributed by atoms with E-state index in [0.717, 1.165) is 70.1 Å². The van der Waals surface area contributed by atoms with Gasteiger partial charge in [0.05, 0.1) is 29.8 Å². The fraction of sp³-hybridized carbons (Fsp3) is 0.527. The molecule has 6 rings (SSSR count). The predicted molar refractivity (Wildman–Crippen MR) is 263 cm³/mol. The van der Waals surface area contributed by atoms with E-state index in [-0.39, 0.29) is 36.4 Å². The Balaban J connectivity index is 1.22. The lowest BCUT2D eigenvalue weighted by Crippen LogP contribution is -2.31. The van der Waals surface area contributed by atoms with Crippen LogP contribution in [-0.2, 0) is 25.5 Å². The van der Waals surface area contributed by atoms with Gasteiger partial charge in [-0.15, -0.1) is 0 Å². The molecule has 3 aliphatic rings. The highest BCUT2D eigenvalue weighted by atomic mass is 16.5. The van der Waals surface area contributed by atoms with Crippen LogP contribution >= 0.6 is 0 Å². The maximum Gasteiger partial charge on any atom is 0.342 e. The molecule has 0 spiro atoms. The van der Waals surface area contributed by atoms with Crippen LogP contribution in [-0.4, -0.2) is 58.7 Å². The number of ketones is 1. The van der Waals surface area contributed by atoms with Gasteiger partial charge in [0.2, 0.25) is 5.78 Å². The first kappa shape index (κ1) is 49.1. The number of hydrogen-bond donors (Lipinski definition) is 4.